The summed E-state index contributed by atoms with van der Waals surface area (Å²) in [6.45, 7) is 1.96. The molecule has 0 aromatic rings. The minimum absolute atomic E-state index is 0.0610. The van der Waals surface area contributed by atoms with Crippen LogP contribution in [0.25, 0.3) is 0 Å². The number of hydrogen-bond donors (Lipinski definition) is 1. The fraction of sp³-hybridized carbons (Fsp3) is 0.750. The van der Waals surface area contributed by atoms with Crippen molar-refractivity contribution in [3.8, 4) is 12.3 Å². The van der Waals surface area contributed by atoms with Crippen molar-refractivity contribution in [1.29, 1.82) is 0 Å². The van der Waals surface area contributed by atoms with Crippen LogP contribution in [-0.2, 0) is 9.59 Å². The first-order valence-corrected chi connectivity index (χ1v) is 8.49. The second-order valence-corrected chi connectivity index (χ2v) is 6.17. The molecule has 20 heavy (non-hydrogen) atoms. The van der Waals surface area contributed by atoms with Gasteiger partial charge in [0, 0.05) is 19.1 Å². The molecule has 3 nitrogen and oxygen atoms in total. The Hall–Kier alpha value is -0.950. The number of thioether (sulfide) groups is 1. The van der Waals surface area contributed by atoms with Crippen molar-refractivity contribution >= 4 is 22.8 Å². The normalized spacial score (nSPS) is 10.0. The van der Waals surface area contributed by atoms with Gasteiger partial charge < -0.3 is 5.32 Å². The van der Waals surface area contributed by atoms with Crippen molar-refractivity contribution < 1.29 is 9.59 Å². The van der Waals surface area contributed by atoms with E-state index in [-0.39, 0.29) is 11.0 Å². The first-order valence-electron chi connectivity index (χ1n) is 7.50. The molecular formula is C16H27NO2S. The molecule has 0 fully saturated rings. The Kier molecular flexibility index (Phi) is 13.8. The van der Waals surface area contributed by atoms with Crippen LogP contribution in [0.2, 0.25) is 0 Å². The summed E-state index contributed by atoms with van der Waals surface area (Å²) in [5.41, 5.74) is 0. The molecule has 4 heteroatoms. The summed E-state index contributed by atoms with van der Waals surface area (Å²) >= 11 is 1.43. The zero-order valence-corrected chi connectivity index (χ0v) is 13.4. The summed E-state index contributed by atoms with van der Waals surface area (Å²) in [5, 5.41) is 2.89. The molecule has 0 aromatic heterocycles. The largest absolute Gasteiger partial charge is 0.345 e. The Labute approximate surface area is 127 Å². The van der Waals surface area contributed by atoms with E-state index in [4.69, 9.17) is 6.42 Å². The Morgan fingerprint density at radius 2 is 1.55 bits per heavy atom. The van der Waals surface area contributed by atoms with Crippen molar-refractivity contribution in [1.82, 2.24) is 5.32 Å². The number of hydrogen-bond acceptors (Lipinski definition) is 3. The molecule has 0 aliphatic rings. The lowest BCUT2D eigenvalue weighted by atomic mass is 10.1. The first-order chi connectivity index (χ1) is 9.66. The maximum absolute atomic E-state index is 11.3. The van der Waals surface area contributed by atoms with Gasteiger partial charge in [0.25, 0.3) is 0 Å². The van der Waals surface area contributed by atoms with Crippen LogP contribution in [0.15, 0.2) is 0 Å². The molecule has 0 aliphatic carbocycles. The molecule has 0 radical (unpaired) electrons. The van der Waals surface area contributed by atoms with Gasteiger partial charge in [-0.15, -0.1) is 6.42 Å². The average Bonchev–Trinajstić information content (AvgIpc) is 2.42. The molecule has 0 heterocycles. The van der Waals surface area contributed by atoms with Gasteiger partial charge >= 0.3 is 0 Å². The van der Waals surface area contributed by atoms with E-state index in [0.29, 0.717) is 13.0 Å². The van der Waals surface area contributed by atoms with E-state index in [1.54, 1.807) is 6.92 Å². The third kappa shape index (κ3) is 15.1. The lowest BCUT2D eigenvalue weighted by Crippen LogP contribution is -2.22. The first kappa shape index (κ1) is 19.1. The van der Waals surface area contributed by atoms with Crippen LogP contribution in [-0.4, -0.2) is 23.3 Å². The number of terminal acetylenes is 1. The van der Waals surface area contributed by atoms with Crippen LogP contribution >= 0.6 is 11.8 Å². The zero-order valence-electron chi connectivity index (χ0n) is 12.6. The zero-order chi connectivity index (χ0) is 15.1. The number of nitrogens with one attached hydrogen (secondary N) is 1. The summed E-state index contributed by atoms with van der Waals surface area (Å²) in [5.74, 6) is 3.41. The number of amides is 1. The third-order valence-corrected chi connectivity index (χ3v) is 3.89. The lowest BCUT2D eigenvalue weighted by Gasteiger charge is -2.03. The summed E-state index contributed by atoms with van der Waals surface area (Å²) in [4.78, 5) is 22.0. The second-order valence-electron chi connectivity index (χ2n) is 4.90. The van der Waals surface area contributed by atoms with Crippen LogP contribution in [0.1, 0.15) is 64.7 Å². The van der Waals surface area contributed by atoms with Crippen molar-refractivity contribution in [3.63, 3.8) is 0 Å². The van der Waals surface area contributed by atoms with E-state index >= 15 is 0 Å². The Morgan fingerprint density at radius 3 is 2.10 bits per heavy atom. The molecule has 0 unspecified atom stereocenters. The molecule has 0 aliphatic heterocycles. The van der Waals surface area contributed by atoms with Crippen LogP contribution in [0.3, 0.4) is 0 Å². The van der Waals surface area contributed by atoms with Gasteiger partial charge in [0.05, 0.1) is 6.54 Å². The highest BCUT2D eigenvalue weighted by Crippen LogP contribution is 2.12. The third-order valence-electron chi connectivity index (χ3n) is 2.99. The Balaban J connectivity index is 3.12. The van der Waals surface area contributed by atoms with E-state index < -0.39 is 0 Å². The topological polar surface area (TPSA) is 46.2 Å². The standard InChI is InChI=1S/C16H27NO2S/c1-3-13-17-16(19)12-10-8-6-4-5-7-9-11-14-20-15(2)18/h1H,4-14H2,2H3,(H,17,19). The van der Waals surface area contributed by atoms with E-state index in [9.17, 15) is 9.59 Å². The molecule has 114 valence electrons. The molecule has 0 saturated heterocycles. The number of rotatable bonds is 12. The number of carbonyl (C=O) groups excluding carboxylic acids is 2. The van der Waals surface area contributed by atoms with Crippen LogP contribution in [0, 0.1) is 12.3 Å². The summed E-state index contributed by atoms with van der Waals surface area (Å²) in [6.07, 6.45) is 15.0. The van der Waals surface area contributed by atoms with Crippen molar-refractivity contribution in [3.05, 3.63) is 0 Å². The smallest absolute Gasteiger partial charge is 0.220 e. The Bertz CT molecular complexity index is 310. The van der Waals surface area contributed by atoms with Crippen LogP contribution in [0.4, 0.5) is 0 Å². The summed E-state index contributed by atoms with van der Waals surface area (Å²) < 4.78 is 0. The highest BCUT2D eigenvalue weighted by atomic mass is 32.2. The maximum atomic E-state index is 11.3. The molecule has 0 atom stereocenters. The van der Waals surface area contributed by atoms with Gasteiger partial charge in [0.2, 0.25) is 5.91 Å². The fourth-order valence-electron chi connectivity index (χ4n) is 1.90. The van der Waals surface area contributed by atoms with Gasteiger partial charge in [-0.2, -0.15) is 0 Å². The van der Waals surface area contributed by atoms with Gasteiger partial charge in [0.1, 0.15) is 0 Å². The van der Waals surface area contributed by atoms with Gasteiger partial charge in [-0.25, -0.2) is 0 Å². The highest BCUT2D eigenvalue weighted by molar-refractivity contribution is 8.13. The molecule has 1 N–H and O–H groups in total. The molecule has 0 spiro atoms. The highest BCUT2D eigenvalue weighted by Gasteiger charge is 1.99. The molecule has 0 bridgehead atoms. The monoisotopic (exact) mass is 297 g/mol. The summed E-state index contributed by atoms with van der Waals surface area (Å²) in [6, 6.07) is 0. The van der Waals surface area contributed by atoms with Gasteiger partial charge in [-0.05, 0) is 12.8 Å². The van der Waals surface area contributed by atoms with Gasteiger partial charge in [-0.3, -0.25) is 9.59 Å². The molecule has 1 amide bonds. The van der Waals surface area contributed by atoms with E-state index in [0.717, 1.165) is 25.0 Å². The summed E-state index contributed by atoms with van der Waals surface area (Å²) in [7, 11) is 0. The van der Waals surface area contributed by atoms with Crippen molar-refractivity contribution in [2.24, 2.45) is 0 Å². The second kappa shape index (κ2) is 14.5. The Morgan fingerprint density at radius 1 is 1.00 bits per heavy atom. The van der Waals surface area contributed by atoms with Gasteiger partial charge in [-0.1, -0.05) is 56.2 Å². The van der Waals surface area contributed by atoms with Crippen LogP contribution in [0.5, 0.6) is 0 Å². The van der Waals surface area contributed by atoms with Crippen molar-refractivity contribution in [2.75, 3.05) is 12.3 Å². The maximum Gasteiger partial charge on any atom is 0.220 e. The number of unbranched alkanes of at least 4 members (excludes halogenated alkanes) is 7. The van der Waals surface area contributed by atoms with E-state index in [2.05, 4.69) is 11.2 Å². The predicted octanol–water partition coefficient (Wildman–Crippen LogP) is 3.53. The van der Waals surface area contributed by atoms with Crippen LogP contribution < -0.4 is 5.32 Å². The molecule has 0 aromatic carbocycles. The van der Waals surface area contributed by atoms with Crippen molar-refractivity contribution in [2.45, 2.75) is 64.7 Å². The average molecular weight is 297 g/mol. The SMILES string of the molecule is C#CCNC(=O)CCCCCCCCCCSC(C)=O. The van der Waals surface area contributed by atoms with E-state index in [1.807, 2.05) is 0 Å². The predicted molar refractivity (Wildman–Crippen MR) is 86.5 cm³/mol. The molecule has 0 rings (SSSR count). The lowest BCUT2D eigenvalue weighted by molar-refractivity contribution is -0.121. The van der Waals surface area contributed by atoms with E-state index in [1.165, 1.54) is 43.9 Å². The molecular weight excluding hydrogens is 270 g/mol. The van der Waals surface area contributed by atoms with Gasteiger partial charge in [0.15, 0.2) is 5.12 Å². The number of carbonyl (C=O) groups is 2. The minimum atomic E-state index is 0.0610. The quantitative estimate of drug-likeness (QED) is 0.443. The molecule has 0 saturated carbocycles. The minimum Gasteiger partial charge on any atom is -0.345 e. The fourth-order valence-corrected chi connectivity index (χ4v) is 2.54.